The van der Waals surface area contributed by atoms with Crippen LogP contribution in [0, 0.1) is 0 Å². The minimum Gasteiger partial charge on any atom is -0.496 e. The molecule has 0 unspecified atom stereocenters. The Labute approximate surface area is 198 Å². The van der Waals surface area contributed by atoms with E-state index in [0.717, 1.165) is 32.0 Å². The fraction of sp³-hybridized carbons (Fsp3) is 0.0385. The van der Waals surface area contributed by atoms with Crippen LogP contribution in [0.2, 0.25) is 0 Å². The van der Waals surface area contributed by atoms with E-state index in [9.17, 15) is 4.79 Å². The molecule has 1 amide bonds. The number of carbonyl (C=O) groups excluding carboxylic acids is 1. The van der Waals surface area contributed by atoms with E-state index in [1.54, 1.807) is 18.0 Å². The summed E-state index contributed by atoms with van der Waals surface area (Å²) in [5, 5.41) is 14.3. The molecule has 0 saturated carbocycles. The molecule has 1 aromatic heterocycles. The number of benzene rings is 4. The van der Waals surface area contributed by atoms with Gasteiger partial charge in [-0.15, -0.1) is 15.0 Å². The highest BCUT2D eigenvalue weighted by Crippen LogP contribution is 2.25. The molecule has 4 aromatic carbocycles. The summed E-state index contributed by atoms with van der Waals surface area (Å²) in [5.74, 6) is 0.437. The zero-order chi connectivity index (χ0) is 22.8. The first-order valence-corrected chi connectivity index (χ1v) is 11.1. The summed E-state index contributed by atoms with van der Waals surface area (Å²) in [5.41, 5.74) is 3.79. The molecule has 0 bridgehead atoms. The Balaban J connectivity index is 1.39. The van der Waals surface area contributed by atoms with Crippen molar-refractivity contribution in [2.24, 2.45) is 0 Å². The smallest absolute Gasteiger partial charge is 0.248 e. The number of anilines is 1. The van der Waals surface area contributed by atoms with Gasteiger partial charge < -0.3 is 10.1 Å². The van der Waals surface area contributed by atoms with E-state index in [-0.39, 0.29) is 5.91 Å². The van der Waals surface area contributed by atoms with E-state index < -0.39 is 0 Å². The lowest BCUT2D eigenvalue weighted by atomic mass is 10.1. The van der Waals surface area contributed by atoms with E-state index in [1.807, 2.05) is 60.7 Å². The standard InChI is InChI=1S/C26H19BrN4O2/c1-33-25-13-10-19(27)15-18(25)9-14-26(32)28-20-11-12-22-23(16-20)30-31(29-22)24-8-4-6-17-5-2-3-7-21(17)24/h2-16H,1H3,(H,28,32)/b14-9+. The lowest BCUT2D eigenvalue weighted by Gasteiger charge is -2.05. The van der Waals surface area contributed by atoms with E-state index >= 15 is 0 Å². The van der Waals surface area contributed by atoms with Crippen molar-refractivity contribution in [1.82, 2.24) is 15.0 Å². The summed E-state index contributed by atoms with van der Waals surface area (Å²) in [7, 11) is 1.60. The molecule has 5 aromatic rings. The molecular formula is C26H19BrN4O2. The van der Waals surface area contributed by atoms with Crippen LogP contribution in [0.4, 0.5) is 5.69 Å². The van der Waals surface area contributed by atoms with Gasteiger partial charge in [-0.3, -0.25) is 4.79 Å². The van der Waals surface area contributed by atoms with Crippen molar-refractivity contribution in [2.45, 2.75) is 0 Å². The average molecular weight is 499 g/mol. The normalized spacial score (nSPS) is 11.3. The lowest BCUT2D eigenvalue weighted by molar-refractivity contribution is -0.111. The number of fused-ring (bicyclic) bond motifs is 2. The molecule has 1 heterocycles. The van der Waals surface area contributed by atoms with Gasteiger partial charge in [-0.2, -0.15) is 0 Å². The van der Waals surface area contributed by atoms with E-state index in [0.29, 0.717) is 17.0 Å². The summed E-state index contributed by atoms with van der Waals surface area (Å²) in [6.07, 6.45) is 3.19. The van der Waals surface area contributed by atoms with Crippen LogP contribution >= 0.6 is 15.9 Å². The second-order valence-corrected chi connectivity index (χ2v) is 8.32. The van der Waals surface area contributed by atoms with Gasteiger partial charge in [0.1, 0.15) is 16.8 Å². The van der Waals surface area contributed by atoms with Gasteiger partial charge in [0.2, 0.25) is 5.91 Å². The number of hydrogen-bond donors (Lipinski definition) is 1. The predicted molar refractivity (Wildman–Crippen MR) is 135 cm³/mol. The number of ether oxygens (including phenoxy) is 1. The fourth-order valence-electron chi connectivity index (χ4n) is 3.67. The van der Waals surface area contributed by atoms with Crippen molar-refractivity contribution in [3.8, 4) is 11.4 Å². The third-order valence-corrected chi connectivity index (χ3v) is 5.73. The Bertz CT molecular complexity index is 1520. The largest absolute Gasteiger partial charge is 0.496 e. The second kappa shape index (κ2) is 8.88. The van der Waals surface area contributed by atoms with Crippen LogP contribution in [-0.2, 0) is 4.79 Å². The van der Waals surface area contributed by atoms with Crippen molar-refractivity contribution in [3.63, 3.8) is 0 Å². The number of hydrogen-bond acceptors (Lipinski definition) is 4. The molecule has 6 nitrogen and oxygen atoms in total. The molecule has 0 saturated heterocycles. The monoisotopic (exact) mass is 498 g/mol. The number of methoxy groups -OCH3 is 1. The predicted octanol–water partition coefficient (Wildman–Crippen LogP) is 6.00. The molecule has 0 spiro atoms. The quantitative estimate of drug-likeness (QED) is 0.302. The number of rotatable bonds is 5. The summed E-state index contributed by atoms with van der Waals surface area (Å²) in [4.78, 5) is 14.1. The van der Waals surface area contributed by atoms with Crippen LogP contribution in [0.5, 0.6) is 5.75 Å². The van der Waals surface area contributed by atoms with Crippen LogP contribution in [0.3, 0.4) is 0 Å². The molecule has 33 heavy (non-hydrogen) atoms. The Morgan fingerprint density at radius 1 is 0.970 bits per heavy atom. The Morgan fingerprint density at radius 2 is 1.79 bits per heavy atom. The van der Waals surface area contributed by atoms with Crippen molar-refractivity contribution < 1.29 is 9.53 Å². The van der Waals surface area contributed by atoms with Crippen molar-refractivity contribution in [3.05, 3.63) is 95.0 Å². The highest BCUT2D eigenvalue weighted by atomic mass is 79.9. The molecule has 1 N–H and O–H groups in total. The van der Waals surface area contributed by atoms with Crippen molar-refractivity contribution in [1.29, 1.82) is 0 Å². The zero-order valence-electron chi connectivity index (χ0n) is 17.7. The number of carbonyl (C=O) groups is 1. The molecule has 0 radical (unpaired) electrons. The zero-order valence-corrected chi connectivity index (χ0v) is 19.3. The van der Waals surface area contributed by atoms with Crippen LogP contribution in [0.25, 0.3) is 33.6 Å². The number of aromatic nitrogens is 3. The molecule has 5 rings (SSSR count). The van der Waals surface area contributed by atoms with E-state index in [4.69, 9.17) is 4.74 Å². The number of nitrogens with one attached hydrogen (secondary N) is 1. The lowest BCUT2D eigenvalue weighted by Crippen LogP contribution is -2.07. The molecule has 0 aliphatic rings. The SMILES string of the molecule is COc1ccc(Br)cc1/C=C/C(=O)Nc1ccc2nn(-c3cccc4ccccc34)nc2c1. The first kappa shape index (κ1) is 20.9. The summed E-state index contributed by atoms with van der Waals surface area (Å²) in [6.45, 7) is 0. The third kappa shape index (κ3) is 4.36. The minimum absolute atomic E-state index is 0.252. The molecule has 0 fully saturated rings. The van der Waals surface area contributed by atoms with E-state index in [1.165, 1.54) is 6.08 Å². The van der Waals surface area contributed by atoms with Crippen molar-refractivity contribution >= 4 is 55.4 Å². The molecular weight excluding hydrogens is 480 g/mol. The molecule has 0 atom stereocenters. The number of halogens is 1. The van der Waals surface area contributed by atoms with Gasteiger partial charge >= 0.3 is 0 Å². The Kier molecular flexibility index (Phi) is 5.62. The fourth-order valence-corrected chi connectivity index (χ4v) is 4.05. The minimum atomic E-state index is -0.252. The van der Waals surface area contributed by atoms with Crippen LogP contribution in [0.1, 0.15) is 5.56 Å². The first-order chi connectivity index (χ1) is 16.1. The summed E-state index contributed by atoms with van der Waals surface area (Å²) in [6, 6.07) is 25.3. The third-order valence-electron chi connectivity index (χ3n) is 5.24. The Hall–Kier alpha value is -3.97. The van der Waals surface area contributed by atoms with Crippen LogP contribution in [0.15, 0.2) is 89.4 Å². The summed E-state index contributed by atoms with van der Waals surface area (Å²) < 4.78 is 6.25. The maximum absolute atomic E-state index is 12.5. The van der Waals surface area contributed by atoms with Crippen LogP contribution in [-0.4, -0.2) is 28.0 Å². The van der Waals surface area contributed by atoms with Gasteiger partial charge in [0.25, 0.3) is 0 Å². The second-order valence-electron chi connectivity index (χ2n) is 7.40. The van der Waals surface area contributed by atoms with E-state index in [2.05, 4.69) is 49.6 Å². The van der Waals surface area contributed by atoms with Crippen molar-refractivity contribution in [2.75, 3.05) is 12.4 Å². The first-order valence-electron chi connectivity index (χ1n) is 10.3. The Morgan fingerprint density at radius 3 is 2.67 bits per heavy atom. The van der Waals surface area contributed by atoms with Gasteiger partial charge in [-0.1, -0.05) is 52.3 Å². The molecule has 0 aliphatic carbocycles. The van der Waals surface area contributed by atoms with Gasteiger partial charge in [-0.25, -0.2) is 0 Å². The van der Waals surface area contributed by atoms with Gasteiger partial charge in [0.05, 0.1) is 12.8 Å². The summed E-state index contributed by atoms with van der Waals surface area (Å²) >= 11 is 3.44. The molecule has 162 valence electrons. The molecule has 7 heteroatoms. The highest BCUT2D eigenvalue weighted by Gasteiger charge is 2.09. The number of nitrogens with zero attached hydrogens (tertiary/aromatic N) is 3. The highest BCUT2D eigenvalue weighted by molar-refractivity contribution is 9.10. The topological polar surface area (TPSA) is 69.0 Å². The van der Waals surface area contributed by atoms with Crippen LogP contribution < -0.4 is 10.1 Å². The maximum atomic E-state index is 12.5. The van der Waals surface area contributed by atoms with Gasteiger partial charge in [0, 0.05) is 27.2 Å². The average Bonchev–Trinajstić information content (AvgIpc) is 3.25. The molecule has 0 aliphatic heterocycles. The van der Waals surface area contributed by atoms with Gasteiger partial charge in [0.15, 0.2) is 0 Å². The van der Waals surface area contributed by atoms with Gasteiger partial charge in [-0.05, 0) is 53.9 Å². The number of amides is 1. The maximum Gasteiger partial charge on any atom is 0.248 e.